The van der Waals surface area contributed by atoms with Crippen molar-refractivity contribution in [3.8, 4) is 56.0 Å². The lowest BCUT2D eigenvalue weighted by Gasteiger charge is -2.20. The zero-order valence-electron chi connectivity index (χ0n) is 40.9. The number of sulfone groups is 2. The summed E-state index contributed by atoms with van der Waals surface area (Å²) in [6.45, 7) is 3.74. The van der Waals surface area contributed by atoms with Crippen molar-refractivity contribution in [1.82, 2.24) is 59.4 Å². The summed E-state index contributed by atoms with van der Waals surface area (Å²) < 4.78 is 108. The number of ether oxygens (including phenoxy) is 4. The van der Waals surface area contributed by atoms with E-state index in [1.165, 1.54) is 51.1 Å². The molecule has 2 fully saturated rings. The van der Waals surface area contributed by atoms with Crippen LogP contribution in [0.15, 0.2) is 71.9 Å². The molecule has 74 heavy (non-hydrogen) atoms. The summed E-state index contributed by atoms with van der Waals surface area (Å²) in [5.41, 5.74) is 2.58. The lowest BCUT2D eigenvalue weighted by Crippen LogP contribution is -2.27. The Balaban J connectivity index is 0.000000182. The second kappa shape index (κ2) is 21.9. The number of nitrogens with zero attached hydrogens (tertiary/aromatic N) is 12. The summed E-state index contributed by atoms with van der Waals surface area (Å²) in [5, 5.41) is 20.8. The molecular formula is C48H50F2N12O8S4. The molecule has 0 radical (unpaired) electrons. The van der Waals surface area contributed by atoms with Crippen LogP contribution in [0.25, 0.3) is 33.0 Å². The summed E-state index contributed by atoms with van der Waals surface area (Å²) in [5.74, 6) is 0.954. The third-order valence-corrected chi connectivity index (χ3v) is 19.0. The van der Waals surface area contributed by atoms with Gasteiger partial charge in [-0.1, -0.05) is 25.0 Å². The molecular weight excluding hydrogens is 1040 g/mol. The molecule has 0 bridgehead atoms. The Morgan fingerprint density at radius 3 is 1.22 bits per heavy atom. The molecule has 2 saturated carbocycles. The molecule has 2 aromatic carbocycles. The summed E-state index contributed by atoms with van der Waals surface area (Å²) in [4.78, 5) is 25.3. The van der Waals surface area contributed by atoms with E-state index >= 15 is 0 Å². The van der Waals surface area contributed by atoms with Crippen LogP contribution in [-0.2, 0) is 31.2 Å². The summed E-state index contributed by atoms with van der Waals surface area (Å²) in [6.07, 6.45) is 7.79. The van der Waals surface area contributed by atoms with Crippen LogP contribution < -0.4 is 18.9 Å². The van der Waals surface area contributed by atoms with E-state index in [4.69, 9.17) is 18.9 Å². The fourth-order valence-electron chi connectivity index (χ4n) is 9.49. The average molecular weight is 1090 g/mol. The van der Waals surface area contributed by atoms with Crippen LogP contribution in [0, 0.1) is 25.5 Å². The molecule has 26 heteroatoms. The Labute approximate surface area is 433 Å². The minimum atomic E-state index is -3.75. The number of hydrogen-bond acceptors (Lipinski definition) is 20. The van der Waals surface area contributed by atoms with E-state index in [0.717, 1.165) is 36.2 Å². The fraction of sp³-hybridized carbons (Fsp3) is 0.375. The number of benzene rings is 2. The van der Waals surface area contributed by atoms with Gasteiger partial charge in [0.15, 0.2) is 64.6 Å². The lowest BCUT2D eigenvalue weighted by atomic mass is 10.1. The van der Waals surface area contributed by atoms with E-state index in [1.807, 2.05) is 24.6 Å². The van der Waals surface area contributed by atoms with Gasteiger partial charge in [-0.05, 0) is 63.8 Å². The molecule has 0 N–H and O–H groups in total. The van der Waals surface area contributed by atoms with Gasteiger partial charge in [0.2, 0.25) is 0 Å². The van der Waals surface area contributed by atoms with Crippen molar-refractivity contribution in [3.05, 3.63) is 118 Å². The Morgan fingerprint density at radius 2 is 0.905 bits per heavy atom. The molecule has 0 unspecified atom stereocenters. The maximum atomic E-state index is 13.8. The van der Waals surface area contributed by atoms with Gasteiger partial charge in [-0.25, -0.2) is 55.5 Å². The maximum Gasteiger partial charge on any atom is 0.197 e. The second-order valence-electron chi connectivity index (χ2n) is 17.4. The first kappa shape index (κ1) is 52.0. The topological polar surface area (TPSA) is 244 Å². The number of methoxy groups -OCH3 is 4. The monoisotopic (exact) mass is 1090 g/mol. The van der Waals surface area contributed by atoms with Crippen LogP contribution in [0.2, 0.25) is 0 Å². The van der Waals surface area contributed by atoms with Gasteiger partial charge in [-0.3, -0.25) is 9.13 Å². The van der Waals surface area contributed by atoms with Crippen LogP contribution in [0.1, 0.15) is 85.0 Å². The molecule has 388 valence electrons. The lowest BCUT2D eigenvalue weighted by molar-refractivity contribution is 0.390. The largest absolute Gasteiger partial charge is 0.494 e. The normalized spacial score (nSPS) is 17.7. The van der Waals surface area contributed by atoms with Crippen LogP contribution in [-0.4, -0.2) is 115 Å². The number of halogens is 2. The Hall–Kier alpha value is -6.90. The maximum absolute atomic E-state index is 13.8. The third kappa shape index (κ3) is 10.6. The number of rotatable bonds is 16. The van der Waals surface area contributed by atoms with Gasteiger partial charge in [0, 0.05) is 34.0 Å². The fourth-order valence-corrected chi connectivity index (χ4v) is 15.1. The molecule has 2 aliphatic carbocycles. The SMILES string of the molecule is COc1cccc(OC)c1-n1c(CS(=O)(=O)[C@@H]2CCC[C@H]2c2ncc(F)cn2)nnc1-c1nc(C)cs1.COc1cccc(OC)c1-n1c(CS(=O)(=O)[C@H]2CCC[C@@H]2c2ncc(F)cn2)nnc1-c1nc(C)cs1. The Bertz CT molecular complexity index is 3230. The molecule has 0 spiro atoms. The highest BCUT2D eigenvalue weighted by Crippen LogP contribution is 2.43. The van der Waals surface area contributed by atoms with Crippen LogP contribution in [0.4, 0.5) is 8.78 Å². The Morgan fingerprint density at radius 1 is 0.554 bits per heavy atom. The predicted octanol–water partition coefficient (Wildman–Crippen LogP) is 7.79. The quantitative estimate of drug-likeness (QED) is 0.0896. The third-order valence-electron chi connectivity index (χ3n) is 12.8. The van der Waals surface area contributed by atoms with Crippen molar-refractivity contribution in [1.29, 1.82) is 0 Å². The molecule has 6 aromatic heterocycles. The highest BCUT2D eigenvalue weighted by molar-refractivity contribution is 7.91. The van der Waals surface area contributed by atoms with Gasteiger partial charge in [0.1, 0.15) is 57.5 Å². The van der Waals surface area contributed by atoms with E-state index in [0.29, 0.717) is 106 Å². The van der Waals surface area contributed by atoms with E-state index in [-0.39, 0.29) is 23.2 Å². The van der Waals surface area contributed by atoms with Gasteiger partial charge < -0.3 is 18.9 Å². The zero-order chi connectivity index (χ0) is 52.3. The number of para-hydroxylation sites is 2. The standard InChI is InChI=1S/2C24H25FN6O4S2/c2*1-14-12-36-24(28-14)23-30-29-20(31(23)21-17(34-2)7-5-8-18(21)35-3)13-37(32,33)19-9-4-6-16(19)22-26-10-15(25)11-27-22/h2*5,7-8,10-12,16,19H,4,6,9,13H2,1-3H3/t2*16-,19-/m10/s1. The molecule has 0 saturated heterocycles. The van der Waals surface area contributed by atoms with E-state index < -0.39 is 53.6 Å². The van der Waals surface area contributed by atoms with E-state index in [9.17, 15) is 25.6 Å². The highest BCUT2D eigenvalue weighted by Gasteiger charge is 2.43. The van der Waals surface area contributed by atoms with Gasteiger partial charge in [-0.15, -0.1) is 43.1 Å². The van der Waals surface area contributed by atoms with E-state index in [1.54, 1.807) is 45.5 Å². The molecule has 6 heterocycles. The second-order valence-corrected chi connectivity index (χ2v) is 23.6. The van der Waals surface area contributed by atoms with Crippen LogP contribution in [0.5, 0.6) is 23.0 Å². The van der Waals surface area contributed by atoms with Crippen molar-refractivity contribution in [2.24, 2.45) is 0 Å². The first-order valence-corrected chi connectivity index (χ1v) is 28.4. The minimum Gasteiger partial charge on any atom is -0.494 e. The number of thiazole rings is 2. The van der Waals surface area contributed by atoms with Crippen molar-refractivity contribution < 1.29 is 44.6 Å². The Kier molecular flexibility index (Phi) is 15.4. The molecule has 0 aliphatic heterocycles. The molecule has 4 atom stereocenters. The van der Waals surface area contributed by atoms with Gasteiger partial charge in [0.25, 0.3) is 0 Å². The van der Waals surface area contributed by atoms with E-state index in [2.05, 4.69) is 50.3 Å². The molecule has 0 amide bonds. The minimum absolute atomic E-state index is 0.205. The molecule has 10 rings (SSSR count). The predicted molar refractivity (Wildman–Crippen MR) is 271 cm³/mol. The molecule has 2 aliphatic rings. The number of aryl methyl sites for hydroxylation is 2. The van der Waals surface area contributed by atoms with Crippen LogP contribution in [0.3, 0.4) is 0 Å². The smallest absolute Gasteiger partial charge is 0.197 e. The van der Waals surface area contributed by atoms with Crippen LogP contribution >= 0.6 is 22.7 Å². The van der Waals surface area contributed by atoms with Crippen molar-refractivity contribution in [2.75, 3.05) is 28.4 Å². The number of hydrogen-bond donors (Lipinski definition) is 0. The highest BCUT2D eigenvalue weighted by atomic mass is 32.2. The van der Waals surface area contributed by atoms with Gasteiger partial charge in [-0.2, -0.15) is 0 Å². The zero-order valence-corrected chi connectivity index (χ0v) is 44.2. The summed E-state index contributed by atoms with van der Waals surface area (Å²) in [6, 6.07) is 10.6. The average Bonchev–Trinajstić information content (AvgIpc) is 4.28. The number of aromatic nitrogens is 12. The molecule has 8 aromatic rings. The first-order valence-electron chi connectivity index (χ1n) is 23.2. The summed E-state index contributed by atoms with van der Waals surface area (Å²) >= 11 is 2.76. The first-order chi connectivity index (χ1) is 35.6. The molecule has 20 nitrogen and oxygen atoms in total. The van der Waals surface area contributed by atoms with Crippen molar-refractivity contribution in [2.45, 2.75) is 86.2 Å². The summed E-state index contributed by atoms with van der Waals surface area (Å²) in [7, 11) is -1.40. The van der Waals surface area contributed by atoms with Gasteiger partial charge in [0.05, 0.1) is 63.7 Å². The van der Waals surface area contributed by atoms with Crippen molar-refractivity contribution >= 4 is 42.3 Å². The van der Waals surface area contributed by atoms with Crippen molar-refractivity contribution in [3.63, 3.8) is 0 Å². The van der Waals surface area contributed by atoms with Gasteiger partial charge >= 0.3 is 0 Å².